The van der Waals surface area contributed by atoms with Crippen molar-refractivity contribution < 1.29 is 19.4 Å². The van der Waals surface area contributed by atoms with Gasteiger partial charge in [0.1, 0.15) is 24.2 Å². The van der Waals surface area contributed by atoms with Crippen molar-refractivity contribution >= 4 is 5.97 Å². The van der Waals surface area contributed by atoms with Crippen molar-refractivity contribution in [3.63, 3.8) is 0 Å². The number of carboxylic acid groups (broad SMARTS) is 1. The molecule has 0 bridgehead atoms. The zero-order valence-corrected chi connectivity index (χ0v) is 7.86. The second-order valence-corrected chi connectivity index (χ2v) is 2.97. The number of carbonyl (C=O) groups is 1. The van der Waals surface area contributed by atoms with Gasteiger partial charge in [-0.15, -0.1) is 0 Å². The molecular weight excluding hydrogens is 186 g/mol. The van der Waals surface area contributed by atoms with Crippen LogP contribution in [0.5, 0.6) is 0 Å². The van der Waals surface area contributed by atoms with Crippen molar-refractivity contribution in [3.8, 4) is 0 Å². The molecule has 0 aliphatic heterocycles. The molecule has 0 radical (unpaired) electrons. The Labute approximate surface area is 81.4 Å². The zero-order valence-electron chi connectivity index (χ0n) is 7.86. The summed E-state index contributed by atoms with van der Waals surface area (Å²) >= 11 is 0. The molecule has 78 valence electrons. The van der Waals surface area contributed by atoms with Crippen LogP contribution < -0.4 is 5.32 Å². The van der Waals surface area contributed by atoms with Crippen molar-refractivity contribution in [2.75, 3.05) is 0 Å². The minimum atomic E-state index is -0.904. The number of hydrogen-bond acceptors (Lipinski definition) is 4. The van der Waals surface area contributed by atoms with Crippen LogP contribution in [0.2, 0.25) is 0 Å². The fraction of sp³-hybridized carbons (Fsp3) is 0.444. The normalized spacial score (nSPS) is 12.7. The lowest BCUT2D eigenvalue weighted by Crippen LogP contribution is -2.32. The molecule has 0 amide bonds. The predicted molar refractivity (Wildman–Crippen MR) is 48.6 cm³/mol. The lowest BCUT2D eigenvalue weighted by Gasteiger charge is -2.06. The van der Waals surface area contributed by atoms with Gasteiger partial charge in [0.25, 0.3) is 0 Å². The summed E-state index contributed by atoms with van der Waals surface area (Å²) < 4.78 is 5.16. The average molecular weight is 199 g/mol. The molecule has 5 nitrogen and oxygen atoms in total. The van der Waals surface area contributed by atoms with Crippen molar-refractivity contribution in [2.45, 2.75) is 26.1 Å². The number of nitrogens with one attached hydrogen (secondary N) is 1. The zero-order chi connectivity index (χ0) is 10.6. The first kappa shape index (κ1) is 10.7. The number of furan rings is 1. The first-order valence-electron chi connectivity index (χ1n) is 4.28. The Morgan fingerprint density at radius 2 is 2.21 bits per heavy atom. The molecule has 1 aromatic heterocycles. The van der Waals surface area contributed by atoms with Crippen LogP contribution >= 0.6 is 0 Å². The lowest BCUT2D eigenvalue weighted by molar-refractivity contribution is -0.139. The summed E-state index contributed by atoms with van der Waals surface area (Å²) in [6, 6.07) is 2.74. The monoisotopic (exact) mass is 199 g/mol. The fourth-order valence-electron chi connectivity index (χ4n) is 0.943. The standard InChI is InChI=1S/C9H13NO4/c1-6(9(12)13)10-4-7-2-3-8(5-11)14-7/h2-3,6,10-11H,4-5H2,1H3,(H,12,13). The minimum absolute atomic E-state index is 0.144. The Morgan fingerprint density at radius 1 is 1.57 bits per heavy atom. The van der Waals surface area contributed by atoms with Gasteiger partial charge in [-0.25, -0.2) is 0 Å². The topological polar surface area (TPSA) is 82.7 Å². The number of aliphatic hydroxyl groups is 1. The number of rotatable bonds is 5. The molecule has 5 heteroatoms. The highest BCUT2D eigenvalue weighted by atomic mass is 16.4. The third-order valence-corrected chi connectivity index (χ3v) is 1.83. The average Bonchev–Trinajstić information content (AvgIpc) is 2.61. The van der Waals surface area contributed by atoms with E-state index in [1.54, 1.807) is 19.1 Å². The van der Waals surface area contributed by atoms with Crippen molar-refractivity contribution in [1.29, 1.82) is 0 Å². The van der Waals surface area contributed by atoms with E-state index < -0.39 is 12.0 Å². The van der Waals surface area contributed by atoms with Gasteiger partial charge in [0.2, 0.25) is 0 Å². The van der Waals surface area contributed by atoms with Crippen LogP contribution in [0.1, 0.15) is 18.4 Å². The predicted octanol–water partition coefficient (Wildman–Crippen LogP) is 0.335. The van der Waals surface area contributed by atoms with E-state index in [-0.39, 0.29) is 6.61 Å². The molecule has 1 aromatic rings. The molecule has 0 aromatic carbocycles. The smallest absolute Gasteiger partial charge is 0.320 e. The summed E-state index contributed by atoms with van der Waals surface area (Å²) in [4.78, 5) is 10.4. The van der Waals surface area contributed by atoms with E-state index >= 15 is 0 Å². The summed E-state index contributed by atoms with van der Waals surface area (Å²) in [5, 5.41) is 20.0. The van der Waals surface area contributed by atoms with Crippen LogP contribution in [-0.2, 0) is 17.9 Å². The van der Waals surface area contributed by atoms with E-state index in [1.807, 2.05) is 0 Å². The number of hydrogen-bond donors (Lipinski definition) is 3. The Kier molecular flexibility index (Phi) is 3.67. The van der Waals surface area contributed by atoms with Crippen LogP contribution in [0.25, 0.3) is 0 Å². The fourth-order valence-corrected chi connectivity index (χ4v) is 0.943. The van der Waals surface area contributed by atoms with Gasteiger partial charge >= 0.3 is 5.97 Å². The maximum absolute atomic E-state index is 10.4. The molecule has 0 fully saturated rings. The van der Waals surface area contributed by atoms with Gasteiger partial charge in [0.15, 0.2) is 0 Å². The molecule has 3 N–H and O–H groups in total. The molecule has 1 unspecified atom stereocenters. The van der Waals surface area contributed by atoms with Gasteiger partial charge in [-0.2, -0.15) is 0 Å². The molecule has 0 saturated heterocycles. The molecule has 14 heavy (non-hydrogen) atoms. The van der Waals surface area contributed by atoms with Gasteiger partial charge in [0.05, 0.1) is 6.54 Å². The Morgan fingerprint density at radius 3 is 2.71 bits per heavy atom. The van der Waals surface area contributed by atoms with Crippen LogP contribution in [0, 0.1) is 0 Å². The summed E-state index contributed by atoms with van der Waals surface area (Å²) in [5.41, 5.74) is 0. The van der Waals surface area contributed by atoms with E-state index in [2.05, 4.69) is 5.32 Å². The van der Waals surface area contributed by atoms with E-state index in [0.717, 1.165) is 0 Å². The number of carboxylic acids is 1. The third kappa shape index (κ3) is 2.86. The van der Waals surface area contributed by atoms with Crippen LogP contribution in [0.15, 0.2) is 16.5 Å². The number of aliphatic hydroxyl groups excluding tert-OH is 1. The number of aliphatic carboxylic acids is 1. The van der Waals surface area contributed by atoms with Crippen LogP contribution in [-0.4, -0.2) is 22.2 Å². The second kappa shape index (κ2) is 4.78. The van der Waals surface area contributed by atoms with Crippen LogP contribution in [0.4, 0.5) is 0 Å². The Hall–Kier alpha value is -1.33. The van der Waals surface area contributed by atoms with Gasteiger partial charge in [-0.3, -0.25) is 10.1 Å². The SMILES string of the molecule is CC(NCc1ccc(CO)o1)C(=O)O. The Balaban J connectivity index is 2.41. The van der Waals surface area contributed by atoms with Gasteiger partial charge in [-0.1, -0.05) is 0 Å². The molecule has 0 spiro atoms. The Bertz CT molecular complexity index is 308. The minimum Gasteiger partial charge on any atom is -0.480 e. The maximum atomic E-state index is 10.4. The van der Waals surface area contributed by atoms with E-state index in [1.165, 1.54) is 0 Å². The molecule has 0 aliphatic rings. The summed E-state index contributed by atoms with van der Waals surface area (Å²) in [7, 11) is 0. The third-order valence-electron chi connectivity index (χ3n) is 1.83. The highest BCUT2D eigenvalue weighted by Gasteiger charge is 2.10. The summed E-state index contributed by atoms with van der Waals surface area (Å²) in [6.45, 7) is 1.75. The van der Waals surface area contributed by atoms with Crippen molar-refractivity contribution in [2.24, 2.45) is 0 Å². The molecule has 1 rings (SSSR count). The van der Waals surface area contributed by atoms with E-state index in [4.69, 9.17) is 14.6 Å². The van der Waals surface area contributed by atoms with Gasteiger partial charge < -0.3 is 14.6 Å². The largest absolute Gasteiger partial charge is 0.480 e. The highest BCUT2D eigenvalue weighted by Crippen LogP contribution is 2.07. The van der Waals surface area contributed by atoms with E-state index in [9.17, 15) is 4.79 Å². The first-order valence-corrected chi connectivity index (χ1v) is 4.28. The summed E-state index contributed by atoms with van der Waals surface area (Å²) in [5.74, 6) is 0.186. The quantitative estimate of drug-likeness (QED) is 0.636. The molecular formula is C9H13NO4. The lowest BCUT2D eigenvalue weighted by atomic mass is 10.3. The highest BCUT2D eigenvalue weighted by molar-refractivity contribution is 5.72. The van der Waals surface area contributed by atoms with Gasteiger partial charge in [-0.05, 0) is 19.1 Å². The molecule has 0 saturated carbocycles. The molecule has 1 atom stereocenters. The van der Waals surface area contributed by atoms with Gasteiger partial charge in [0, 0.05) is 0 Å². The van der Waals surface area contributed by atoms with E-state index in [0.29, 0.717) is 18.1 Å². The van der Waals surface area contributed by atoms with Crippen molar-refractivity contribution in [1.82, 2.24) is 5.32 Å². The molecule has 1 heterocycles. The molecule has 0 aliphatic carbocycles. The van der Waals surface area contributed by atoms with Crippen LogP contribution in [0.3, 0.4) is 0 Å². The maximum Gasteiger partial charge on any atom is 0.320 e. The van der Waals surface area contributed by atoms with Crippen molar-refractivity contribution in [3.05, 3.63) is 23.7 Å². The summed E-state index contributed by atoms with van der Waals surface area (Å²) in [6.07, 6.45) is 0. The first-order chi connectivity index (χ1) is 6.63. The second-order valence-electron chi connectivity index (χ2n) is 2.97.